The number of benzene rings is 1. The van der Waals surface area contributed by atoms with Crippen molar-refractivity contribution < 1.29 is 14.2 Å². The van der Waals surface area contributed by atoms with Crippen molar-refractivity contribution in [2.24, 2.45) is 5.73 Å². The molecule has 3 nitrogen and oxygen atoms in total. The molecule has 0 aromatic heterocycles. The minimum atomic E-state index is -1.01. The van der Waals surface area contributed by atoms with E-state index < -0.39 is 18.0 Å². The van der Waals surface area contributed by atoms with Gasteiger partial charge in [-0.25, -0.2) is 4.39 Å². The van der Waals surface area contributed by atoms with Gasteiger partial charge in [-0.05, 0) is 31.5 Å². The summed E-state index contributed by atoms with van der Waals surface area (Å²) in [6.07, 6.45) is -1.01. The Balaban J connectivity index is 3.18. The molecule has 15 heavy (non-hydrogen) atoms. The van der Waals surface area contributed by atoms with E-state index in [1.807, 2.05) is 0 Å². The van der Waals surface area contributed by atoms with Gasteiger partial charge in [-0.15, -0.1) is 0 Å². The van der Waals surface area contributed by atoms with Crippen LogP contribution in [0.4, 0.5) is 4.39 Å². The molecular weight excluding hydrogens is 197 g/mol. The van der Waals surface area contributed by atoms with E-state index in [1.54, 1.807) is 13.8 Å². The van der Waals surface area contributed by atoms with Crippen LogP contribution >= 0.6 is 0 Å². The number of ether oxygens (including phenoxy) is 1. The van der Waals surface area contributed by atoms with Gasteiger partial charge in [-0.1, -0.05) is 0 Å². The fourth-order valence-electron chi connectivity index (χ4n) is 1.40. The number of nitrogens with two attached hydrogens (primary N) is 1. The van der Waals surface area contributed by atoms with Crippen LogP contribution in [-0.2, 0) is 0 Å². The fourth-order valence-corrected chi connectivity index (χ4v) is 1.40. The molecule has 2 unspecified atom stereocenters. The van der Waals surface area contributed by atoms with Crippen LogP contribution in [0, 0.1) is 12.7 Å². The SMILES string of the molecule is COc1cc(C(O)C(C)N)c(F)cc1C. The van der Waals surface area contributed by atoms with Crippen molar-refractivity contribution >= 4 is 0 Å². The van der Waals surface area contributed by atoms with Gasteiger partial charge in [0, 0.05) is 11.6 Å². The monoisotopic (exact) mass is 213 g/mol. The van der Waals surface area contributed by atoms with Crippen molar-refractivity contribution in [3.63, 3.8) is 0 Å². The van der Waals surface area contributed by atoms with Crippen LogP contribution in [0.2, 0.25) is 0 Å². The number of rotatable bonds is 3. The van der Waals surface area contributed by atoms with Crippen LogP contribution in [0.15, 0.2) is 12.1 Å². The van der Waals surface area contributed by atoms with E-state index in [-0.39, 0.29) is 5.56 Å². The van der Waals surface area contributed by atoms with Gasteiger partial charge >= 0.3 is 0 Å². The Morgan fingerprint density at radius 1 is 1.47 bits per heavy atom. The number of aliphatic hydroxyl groups is 1. The molecule has 4 heteroatoms. The average Bonchev–Trinajstić information content (AvgIpc) is 2.17. The molecule has 0 aliphatic carbocycles. The molecule has 0 radical (unpaired) electrons. The van der Waals surface area contributed by atoms with Gasteiger partial charge in [0.15, 0.2) is 0 Å². The van der Waals surface area contributed by atoms with Gasteiger partial charge in [-0.3, -0.25) is 0 Å². The Kier molecular flexibility index (Phi) is 3.66. The van der Waals surface area contributed by atoms with Crippen LogP contribution in [0.25, 0.3) is 0 Å². The Hall–Kier alpha value is -1.13. The first-order chi connectivity index (χ1) is 6.97. The van der Waals surface area contributed by atoms with Gasteiger partial charge in [-0.2, -0.15) is 0 Å². The van der Waals surface area contributed by atoms with Crippen molar-refractivity contribution in [1.29, 1.82) is 0 Å². The lowest BCUT2D eigenvalue weighted by Crippen LogP contribution is -2.25. The topological polar surface area (TPSA) is 55.5 Å². The number of methoxy groups -OCH3 is 1. The van der Waals surface area contributed by atoms with Gasteiger partial charge in [0.05, 0.1) is 13.2 Å². The third kappa shape index (κ3) is 2.46. The summed E-state index contributed by atoms with van der Waals surface area (Å²) < 4.78 is 18.6. The fraction of sp³-hybridized carbons (Fsp3) is 0.455. The molecule has 0 saturated heterocycles. The number of aliphatic hydroxyl groups excluding tert-OH is 1. The standard InChI is InChI=1S/C11H16FNO2/c1-6-4-9(12)8(5-10(6)15-3)11(14)7(2)13/h4-5,7,11,14H,13H2,1-3H3. The normalized spacial score (nSPS) is 14.8. The van der Waals surface area contributed by atoms with Crippen molar-refractivity contribution in [2.45, 2.75) is 26.0 Å². The Morgan fingerprint density at radius 2 is 2.07 bits per heavy atom. The van der Waals surface area contributed by atoms with Gasteiger partial charge < -0.3 is 15.6 Å². The van der Waals surface area contributed by atoms with E-state index in [4.69, 9.17) is 10.5 Å². The maximum atomic E-state index is 13.5. The molecule has 84 valence electrons. The maximum Gasteiger partial charge on any atom is 0.129 e. The second kappa shape index (κ2) is 4.59. The molecule has 2 atom stereocenters. The average molecular weight is 213 g/mol. The Morgan fingerprint density at radius 3 is 2.53 bits per heavy atom. The number of aryl methyl sites for hydroxylation is 1. The van der Waals surface area contributed by atoms with Crippen LogP contribution in [0.3, 0.4) is 0 Å². The summed E-state index contributed by atoms with van der Waals surface area (Å²) in [5, 5.41) is 9.67. The smallest absolute Gasteiger partial charge is 0.129 e. The van der Waals surface area contributed by atoms with E-state index in [0.29, 0.717) is 11.3 Å². The first kappa shape index (κ1) is 11.9. The molecule has 0 saturated carbocycles. The summed E-state index contributed by atoms with van der Waals surface area (Å²) in [4.78, 5) is 0. The zero-order valence-corrected chi connectivity index (χ0v) is 9.12. The summed E-state index contributed by atoms with van der Waals surface area (Å²) in [7, 11) is 1.50. The van der Waals surface area contributed by atoms with E-state index in [0.717, 1.165) is 0 Å². The lowest BCUT2D eigenvalue weighted by Gasteiger charge is -2.17. The highest BCUT2D eigenvalue weighted by Gasteiger charge is 2.18. The second-order valence-electron chi connectivity index (χ2n) is 3.65. The third-order valence-electron chi connectivity index (χ3n) is 2.33. The predicted octanol–water partition coefficient (Wildman–Crippen LogP) is 1.52. The summed E-state index contributed by atoms with van der Waals surface area (Å²) in [5.74, 6) is 0.0872. The van der Waals surface area contributed by atoms with Crippen LogP contribution in [-0.4, -0.2) is 18.3 Å². The van der Waals surface area contributed by atoms with Gasteiger partial charge in [0.25, 0.3) is 0 Å². The number of hydrogen-bond donors (Lipinski definition) is 2. The maximum absolute atomic E-state index is 13.5. The Labute approximate surface area is 88.7 Å². The molecule has 3 N–H and O–H groups in total. The van der Waals surface area contributed by atoms with Crippen molar-refractivity contribution in [3.8, 4) is 5.75 Å². The third-order valence-corrected chi connectivity index (χ3v) is 2.33. The number of halogens is 1. The molecule has 0 fully saturated rings. The zero-order chi connectivity index (χ0) is 11.6. The summed E-state index contributed by atoms with van der Waals surface area (Å²) in [6, 6.07) is 2.30. The van der Waals surface area contributed by atoms with Crippen molar-refractivity contribution in [3.05, 3.63) is 29.1 Å². The quantitative estimate of drug-likeness (QED) is 0.800. The first-order valence-corrected chi connectivity index (χ1v) is 4.75. The lowest BCUT2D eigenvalue weighted by atomic mass is 10.0. The molecule has 1 aromatic rings. The summed E-state index contributed by atoms with van der Waals surface area (Å²) >= 11 is 0. The van der Waals surface area contributed by atoms with Crippen molar-refractivity contribution in [2.75, 3.05) is 7.11 Å². The molecular formula is C11H16FNO2. The van der Waals surface area contributed by atoms with E-state index >= 15 is 0 Å². The summed E-state index contributed by atoms with van der Waals surface area (Å²) in [6.45, 7) is 3.36. The van der Waals surface area contributed by atoms with E-state index in [2.05, 4.69) is 0 Å². The van der Waals surface area contributed by atoms with Crippen LogP contribution in [0.1, 0.15) is 24.2 Å². The zero-order valence-electron chi connectivity index (χ0n) is 9.12. The molecule has 0 bridgehead atoms. The molecule has 0 spiro atoms. The second-order valence-corrected chi connectivity index (χ2v) is 3.65. The molecule has 0 aliphatic rings. The molecule has 0 aliphatic heterocycles. The van der Waals surface area contributed by atoms with Crippen LogP contribution in [0.5, 0.6) is 5.75 Å². The minimum absolute atomic E-state index is 0.174. The lowest BCUT2D eigenvalue weighted by molar-refractivity contribution is 0.148. The number of hydrogen-bond acceptors (Lipinski definition) is 3. The highest BCUT2D eigenvalue weighted by molar-refractivity contribution is 5.38. The predicted molar refractivity (Wildman–Crippen MR) is 56.3 cm³/mol. The molecule has 0 amide bonds. The summed E-state index contributed by atoms with van der Waals surface area (Å²) in [5.41, 5.74) is 6.37. The highest BCUT2D eigenvalue weighted by atomic mass is 19.1. The van der Waals surface area contributed by atoms with Crippen LogP contribution < -0.4 is 10.5 Å². The first-order valence-electron chi connectivity index (χ1n) is 4.75. The van der Waals surface area contributed by atoms with E-state index in [9.17, 15) is 9.50 Å². The molecule has 1 aromatic carbocycles. The molecule has 0 heterocycles. The Bertz CT molecular complexity index is 353. The van der Waals surface area contributed by atoms with E-state index in [1.165, 1.54) is 19.2 Å². The van der Waals surface area contributed by atoms with Gasteiger partial charge in [0.1, 0.15) is 11.6 Å². The van der Waals surface area contributed by atoms with Gasteiger partial charge in [0.2, 0.25) is 0 Å². The minimum Gasteiger partial charge on any atom is -0.496 e. The largest absolute Gasteiger partial charge is 0.496 e. The molecule has 1 rings (SSSR count). The van der Waals surface area contributed by atoms with Crippen molar-refractivity contribution in [1.82, 2.24) is 0 Å². The highest BCUT2D eigenvalue weighted by Crippen LogP contribution is 2.27.